The molecule has 2 bridgehead atoms. The van der Waals surface area contributed by atoms with Crippen LogP contribution in [0.2, 0.25) is 5.02 Å². The van der Waals surface area contributed by atoms with Gasteiger partial charge in [-0.15, -0.1) is 11.3 Å². The summed E-state index contributed by atoms with van der Waals surface area (Å²) in [5.41, 5.74) is 2.30. The minimum atomic E-state index is -0.460. The van der Waals surface area contributed by atoms with E-state index < -0.39 is 5.54 Å². The summed E-state index contributed by atoms with van der Waals surface area (Å²) in [4.78, 5) is 25.4. The number of aryl methyl sites for hydroxylation is 1. The number of nitrogens with zero attached hydrogens (tertiary/aromatic N) is 3. The lowest BCUT2D eigenvalue weighted by Crippen LogP contribution is -2.56. The van der Waals surface area contributed by atoms with Gasteiger partial charge in [-0.3, -0.25) is 4.79 Å². The fourth-order valence-corrected chi connectivity index (χ4v) is 7.26. The fraction of sp³-hybridized carbons (Fsp3) is 0.500. The predicted molar refractivity (Wildman–Crippen MR) is 134 cm³/mol. The smallest absolute Gasteiger partial charge is 0.253 e. The Morgan fingerprint density at radius 2 is 2.15 bits per heavy atom. The van der Waals surface area contributed by atoms with Gasteiger partial charge >= 0.3 is 0 Å². The van der Waals surface area contributed by atoms with Crippen molar-refractivity contribution in [3.63, 3.8) is 0 Å². The SMILES string of the molecule is Cc1nc([C@@H]2C[C@H]2c2ccc(C(=O)N(C)[C@H]3C[C@H]4CC[C@@](CF)(C3)N4)cc2Cl)c2ccsc2n1. The lowest BCUT2D eigenvalue weighted by molar-refractivity contribution is 0.0616. The maximum atomic E-state index is 13.8. The molecule has 3 aliphatic rings. The van der Waals surface area contributed by atoms with Gasteiger partial charge in [0, 0.05) is 46.6 Å². The van der Waals surface area contributed by atoms with Crippen molar-refractivity contribution in [3.05, 3.63) is 57.3 Å². The van der Waals surface area contributed by atoms with E-state index in [0.717, 1.165) is 53.0 Å². The minimum absolute atomic E-state index is 0.0392. The molecule has 0 radical (unpaired) electrons. The Hall–Kier alpha value is -2.09. The Kier molecular flexibility index (Phi) is 5.43. The molecule has 1 N–H and O–H groups in total. The quantitative estimate of drug-likeness (QED) is 0.496. The van der Waals surface area contributed by atoms with Gasteiger partial charge in [-0.25, -0.2) is 14.4 Å². The second-order valence-electron chi connectivity index (χ2n) is 10.3. The molecule has 34 heavy (non-hydrogen) atoms. The molecule has 2 saturated heterocycles. The first-order valence-electron chi connectivity index (χ1n) is 12.0. The van der Waals surface area contributed by atoms with Crippen LogP contribution >= 0.6 is 22.9 Å². The summed E-state index contributed by atoms with van der Waals surface area (Å²) in [5.74, 6) is 1.37. The summed E-state index contributed by atoms with van der Waals surface area (Å²) in [6.45, 7) is 1.56. The van der Waals surface area contributed by atoms with Crippen LogP contribution in [0.25, 0.3) is 10.2 Å². The maximum absolute atomic E-state index is 13.8. The molecule has 3 aromatic rings. The fourth-order valence-electron chi connectivity index (χ4n) is 6.13. The number of thiophene rings is 1. The first kappa shape index (κ1) is 22.4. The van der Waals surface area contributed by atoms with Crippen LogP contribution < -0.4 is 5.32 Å². The van der Waals surface area contributed by atoms with E-state index in [-0.39, 0.29) is 18.6 Å². The number of rotatable bonds is 5. The van der Waals surface area contributed by atoms with E-state index in [4.69, 9.17) is 16.6 Å². The van der Waals surface area contributed by atoms with E-state index in [9.17, 15) is 9.18 Å². The molecule has 5 nitrogen and oxygen atoms in total. The minimum Gasteiger partial charge on any atom is -0.339 e. The van der Waals surface area contributed by atoms with Crippen molar-refractivity contribution in [3.8, 4) is 0 Å². The number of aromatic nitrogens is 2. The molecule has 3 fully saturated rings. The molecule has 1 aliphatic carbocycles. The monoisotopic (exact) mass is 498 g/mol. The molecule has 1 saturated carbocycles. The number of amides is 1. The molecule has 1 amide bonds. The topological polar surface area (TPSA) is 58.1 Å². The van der Waals surface area contributed by atoms with E-state index >= 15 is 0 Å². The molecule has 0 unspecified atom stereocenters. The zero-order chi connectivity index (χ0) is 23.6. The van der Waals surface area contributed by atoms with Crippen molar-refractivity contribution in [1.82, 2.24) is 20.2 Å². The number of carbonyl (C=O) groups excluding carboxylic acids is 1. The lowest BCUT2D eigenvalue weighted by atomic mass is 9.87. The van der Waals surface area contributed by atoms with E-state index in [0.29, 0.717) is 34.9 Å². The molecule has 2 aliphatic heterocycles. The summed E-state index contributed by atoms with van der Waals surface area (Å²) in [7, 11) is 1.84. The van der Waals surface area contributed by atoms with Gasteiger partial charge in [0.15, 0.2) is 0 Å². The number of carbonyl (C=O) groups is 1. The number of nitrogens with one attached hydrogen (secondary N) is 1. The maximum Gasteiger partial charge on any atom is 0.253 e. The van der Waals surface area contributed by atoms with Gasteiger partial charge in [0.25, 0.3) is 5.91 Å². The van der Waals surface area contributed by atoms with Crippen LogP contribution in [0.3, 0.4) is 0 Å². The number of halogens is 2. The van der Waals surface area contributed by atoms with Crippen LogP contribution in [0, 0.1) is 6.92 Å². The Labute approximate surface area is 207 Å². The third-order valence-electron chi connectivity index (χ3n) is 8.04. The summed E-state index contributed by atoms with van der Waals surface area (Å²) < 4.78 is 13.8. The zero-order valence-electron chi connectivity index (χ0n) is 19.4. The average molecular weight is 499 g/mol. The molecule has 4 heterocycles. The molecule has 0 spiro atoms. The highest BCUT2D eigenvalue weighted by Crippen LogP contribution is 2.57. The third kappa shape index (κ3) is 3.73. The second-order valence-corrected chi connectivity index (χ2v) is 11.6. The van der Waals surface area contributed by atoms with Crippen LogP contribution in [0.1, 0.15) is 71.4 Å². The van der Waals surface area contributed by atoms with Gasteiger partial charge in [0.1, 0.15) is 17.3 Å². The van der Waals surface area contributed by atoms with Crippen LogP contribution in [-0.2, 0) is 0 Å². The molecular weight excluding hydrogens is 471 g/mol. The van der Waals surface area contributed by atoms with Gasteiger partial charge in [-0.05, 0) is 74.1 Å². The number of piperidine rings is 1. The van der Waals surface area contributed by atoms with Crippen molar-refractivity contribution < 1.29 is 9.18 Å². The first-order valence-corrected chi connectivity index (χ1v) is 13.3. The Balaban J connectivity index is 1.20. The number of hydrogen-bond donors (Lipinski definition) is 1. The van der Waals surface area contributed by atoms with E-state index in [1.807, 2.05) is 26.1 Å². The average Bonchev–Trinajstić information content (AvgIpc) is 3.37. The van der Waals surface area contributed by atoms with Crippen LogP contribution in [0.5, 0.6) is 0 Å². The Morgan fingerprint density at radius 1 is 1.29 bits per heavy atom. The lowest BCUT2D eigenvalue weighted by Gasteiger charge is -2.41. The third-order valence-corrected chi connectivity index (χ3v) is 9.18. The van der Waals surface area contributed by atoms with E-state index in [2.05, 4.69) is 21.7 Å². The number of benzene rings is 1. The highest BCUT2D eigenvalue weighted by molar-refractivity contribution is 7.16. The van der Waals surface area contributed by atoms with Crippen molar-refractivity contribution in [2.75, 3.05) is 13.7 Å². The second kappa shape index (κ2) is 8.25. The van der Waals surface area contributed by atoms with Crippen LogP contribution in [-0.4, -0.2) is 52.1 Å². The number of hydrogen-bond acceptors (Lipinski definition) is 5. The summed E-state index contributed by atoms with van der Waals surface area (Å²) in [6.07, 6.45) is 4.35. The van der Waals surface area contributed by atoms with Crippen molar-refractivity contribution in [2.45, 2.75) is 68.5 Å². The normalized spacial score (nSPS) is 30.0. The summed E-state index contributed by atoms with van der Waals surface area (Å²) in [5, 5.41) is 7.27. The predicted octanol–water partition coefficient (Wildman–Crippen LogP) is 5.62. The molecule has 8 heteroatoms. The summed E-state index contributed by atoms with van der Waals surface area (Å²) >= 11 is 8.36. The number of fused-ring (bicyclic) bond motifs is 3. The number of alkyl halides is 1. The molecule has 2 aromatic heterocycles. The standard InChI is InChI=1S/C26H28ClFN4OS/c1-14-29-23(19-6-8-34-24(19)30-14)21-11-20(21)18-4-3-15(9-22(18)27)25(33)32(2)17-10-16-5-7-26(12-17,13-28)31-16/h3-4,6,8-9,16-17,20-21,31H,5,7,10-13H2,1-2H3/t16-,17+,20+,21-,26+/m1/s1. The molecule has 178 valence electrons. The van der Waals surface area contributed by atoms with Gasteiger partial charge in [0.2, 0.25) is 0 Å². The Morgan fingerprint density at radius 3 is 2.94 bits per heavy atom. The van der Waals surface area contributed by atoms with Gasteiger partial charge in [-0.2, -0.15) is 0 Å². The van der Waals surface area contributed by atoms with E-state index in [1.54, 1.807) is 22.3 Å². The molecule has 1 aromatic carbocycles. The molecule has 5 atom stereocenters. The zero-order valence-corrected chi connectivity index (χ0v) is 20.9. The van der Waals surface area contributed by atoms with Crippen molar-refractivity contribution >= 4 is 39.1 Å². The van der Waals surface area contributed by atoms with Crippen molar-refractivity contribution in [1.29, 1.82) is 0 Å². The highest BCUT2D eigenvalue weighted by atomic mass is 35.5. The van der Waals surface area contributed by atoms with E-state index in [1.165, 1.54) is 0 Å². The Bertz CT molecular complexity index is 1280. The van der Waals surface area contributed by atoms with Crippen molar-refractivity contribution in [2.24, 2.45) is 0 Å². The van der Waals surface area contributed by atoms with Crippen LogP contribution in [0.4, 0.5) is 4.39 Å². The molecular formula is C26H28ClFN4OS. The molecule has 6 rings (SSSR count). The first-order chi connectivity index (χ1) is 16.4. The van der Waals surface area contributed by atoms with Gasteiger partial charge < -0.3 is 10.2 Å². The van der Waals surface area contributed by atoms with Gasteiger partial charge in [-0.1, -0.05) is 17.7 Å². The highest BCUT2D eigenvalue weighted by Gasteiger charge is 2.47. The largest absolute Gasteiger partial charge is 0.339 e. The van der Waals surface area contributed by atoms with Gasteiger partial charge in [0.05, 0.1) is 5.69 Å². The van der Waals surface area contributed by atoms with Crippen LogP contribution in [0.15, 0.2) is 29.6 Å². The summed E-state index contributed by atoms with van der Waals surface area (Å²) in [6, 6.07) is 8.13.